The maximum atomic E-state index is 12.9. The highest BCUT2D eigenvalue weighted by Crippen LogP contribution is 2.23. The van der Waals surface area contributed by atoms with Crippen LogP contribution >= 0.6 is 11.6 Å². The van der Waals surface area contributed by atoms with Gasteiger partial charge < -0.3 is 5.11 Å². The van der Waals surface area contributed by atoms with Gasteiger partial charge in [0, 0.05) is 22.4 Å². The number of aryl methyl sites for hydroxylation is 1. The van der Waals surface area contributed by atoms with Crippen LogP contribution in [0.2, 0.25) is 5.02 Å². The lowest BCUT2D eigenvalue weighted by atomic mass is 9.92. The summed E-state index contributed by atoms with van der Waals surface area (Å²) in [5.74, 6) is -1.46. The van der Waals surface area contributed by atoms with Crippen molar-refractivity contribution in [2.24, 2.45) is 0 Å². The van der Waals surface area contributed by atoms with Crippen molar-refractivity contribution < 1.29 is 14.7 Å². The summed E-state index contributed by atoms with van der Waals surface area (Å²) in [6.07, 6.45) is 4.65. The molecule has 4 aromatic rings. The molecule has 34 heavy (non-hydrogen) atoms. The molecule has 0 spiro atoms. The number of nitrogens with zero attached hydrogens (tertiary/aromatic N) is 1. The predicted octanol–water partition coefficient (Wildman–Crippen LogP) is 7.06. The summed E-state index contributed by atoms with van der Waals surface area (Å²) in [6.45, 7) is 1.66. The summed E-state index contributed by atoms with van der Waals surface area (Å²) in [7, 11) is 0. The Hall–Kier alpha value is -3.76. The van der Waals surface area contributed by atoms with Gasteiger partial charge in [-0.1, -0.05) is 72.3 Å². The Bertz CT molecular complexity index is 1390. The molecule has 0 amide bonds. The van der Waals surface area contributed by atoms with Crippen LogP contribution in [-0.4, -0.2) is 21.8 Å². The molecule has 5 heteroatoms. The number of carboxylic acid groups (broad SMARTS) is 1. The van der Waals surface area contributed by atoms with Crippen molar-refractivity contribution in [2.75, 3.05) is 0 Å². The maximum absolute atomic E-state index is 12.9. The van der Waals surface area contributed by atoms with Crippen LogP contribution in [0, 0.1) is 0 Å². The third-order valence-electron chi connectivity index (χ3n) is 5.84. The van der Waals surface area contributed by atoms with Gasteiger partial charge in [0.05, 0.1) is 17.1 Å². The molecule has 3 aromatic carbocycles. The fraction of sp³-hybridized carbons (Fsp3) is 0.138. The lowest BCUT2D eigenvalue weighted by molar-refractivity contribution is -0.138. The van der Waals surface area contributed by atoms with Crippen LogP contribution in [0.25, 0.3) is 23.1 Å². The van der Waals surface area contributed by atoms with E-state index >= 15 is 0 Å². The van der Waals surface area contributed by atoms with E-state index in [0.717, 1.165) is 33.3 Å². The van der Waals surface area contributed by atoms with Gasteiger partial charge in [-0.05, 0) is 60.4 Å². The Morgan fingerprint density at radius 2 is 1.76 bits per heavy atom. The zero-order valence-electron chi connectivity index (χ0n) is 18.7. The second-order valence-electron chi connectivity index (χ2n) is 8.21. The van der Waals surface area contributed by atoms with Crippen LogP contribution in [-0.2, 0) is 11.2 Å². The molecule has 0 aliphatic rings. The van der Waals surface area contributed by atoms with E-state index in [1.165, 1.54) is 0 Å². The third-order valence-corrected chi connectivity index (χ3v) is 6.08. The zero-order valence-corrected chi connectivity index (χ0v) is 19.5. The van der Waals surface area contributed by atoms with E-state index in [1.54, 1.807) is 6.92 Å². The maximum Gasteiger partial charge on any atom is 0.310 e. The predicted molar refractivity (Wildman–Crippen MR) is 137 cm³/mol. The number of Topliss-reactive ketones (excluding diaryl/α,β-unsaturated/α-hetero) is 1. The number of aliphatic carboxylic acids is 1. The van der Waals surface area contributed by atoms with Gasteiger partial charge in [-0.25, -0.2) is 4.98 Å². The molecule has 0 fully saturated rings. The van der Waals surface area contributed by atoms with E-state index in [9.17, 15) is 14.7 Å². The van der Waals surface area contributed by atoms with Crippen LogP contribution < -0.4 is 0 Å². The summed E-state index contributed by atoms with van der Waals surface area (Å²) < 4.78 is 0. The van der Waals surface area contributed by atoms with Gasteiger partial charge >= 0.3 is 5.97 Å². The Balaban J connectivity index is 1.46. The number of carbonyl (C=O) groups excluding carboxylic acids is 1. The first-order valence-electron chi connectivity index (χ1n) is 11.1. The molecule has 0 saturated carbocycles. The van der Waals surface area contributed by atoms with E-state index in [2.05, 4.69) is 4.98 Å². The smallest absolute Gasteiger partial charge is 0.310 e. The summed E-state index contributed by atoms with van der Waals surface area (Å²) in [5.41, 5.74) is 4.81. The number of pyridine rings is 1. The fourth-order valence-corrected chi connectivity index (χ4v) is 4.07. The van der Waals surface area contributed by atoms with Gasteiger partial charge in [-0.15, -0.1) is 0 Å². The van der Waals surface area contributed by atoms with Gasteiger partial charge in [0.25, 0.3) is 0 Å². The number of aromatic nitrogens is 1. The van der Waals surface area contributed by atoms with Gasteiger partial charge in [0.1, 0.15) is 0 Å². The SMILES string of the molecule is CC(C(=O)O)c1ccccc1CCC(=O)c1cccc(C=Cc2ccc3ccc(Cl)cc3n2)c1. The van der Waals surface area contributed by atoms with E-state index in [-0.39, 0.29) is 5.78 Å². The summed E-state index contributed by atoms with van der Waals surface area (Å²) >= 11 is 6.08. The minimum atomic E-state index is -0.873. The number of ketones is 1. The van der Waals surface area contributed by atoms with Crippen LogP contribution in [0.15, 0.2) is 78.9 Å². The topological polar surface area (TPSA) is 67.3 Å². The minimum absolute atomic E-state index is 0.0199. The van der Waals surface area contributed by atoms with Gasteiger partial charge in [-0.2, -0.15) is 0 Å². The number of rotatable bonds is 8. The molecule has 0 saturated heterocycles. The molecule has 0 bridgehead atoms. The minimum Gasteiger partial charge on any atom is -0.481 e. The fourth-order valence-electron chi connectivity index (χ4n) is 3.91. The Kier molecular flexibility index (Phi) is 7.19. The highest BCUT2D eigenvalue weighted by molar-refractivity contribution is 6.31. The number of hydrogen-bond donors (Lipinski definition) is 1. The first-order chi connectivity index (χ1) is 16.4. The molecule has 0 aliphatic heterocycles. The molecule has 4 rings (SSSR count). The largest absolute Gasteiger partial charge is 0.481 e. The molecule has 1 aromatic heterocycles. The third kappa shape index (κ3) is 5.59. The van der Waals surface area contributed by atoms with E-state index in [4.69, 9.17) is 11.6 Å². The number of halogens is 1. The van der Waals surface area contributed by atoms with Crippen LogP contribution in [0.4, 0.5) is 0 Å². The number of benzene rings is 3. The molecule has 1 atom stereocenters. The average molecular weight is 470 g/mol. The summed E-state index contributed by atoms with van der Waals surface area (Å²) in [6, 6.07) is 24.4. The van der Waals surface area contributed by atoms with E-state index in [1.807, 2.05) is 91.0 Å². The molecule has 170 valence electrons. The number of fused-ring (bicyclic) bond motifs is 1. The van der Waals surface area contributed by atoms with Crippen LogP contribution in [0.1, 0.15) is 52.0 Å². The monoisotopic (exact) mass is 469 g/mol. The number of hydrogen-bond acceptors (Lipinski definition) is 3. The first-order valence-corrected chi connectivity index (χ1v) is 11.5. The number of carbonyl (C=O) groups is 2. The van der Waals surface area contributed by atoms with Gasteiger partial charge in [0.15, 0.2) is 5.78 Å². The summed E-state index contributed by atoms with van der Waals surface area (Å²) in [5, 5.41) is 11.0. The van der Waals surface area contributed by atoms with Crippen LogP contribution in [0.5, 0.6) is 0 Å². The molecular weight excluding hydrogens is 446 g/mol. The zero-order chi connectivity index (χ0) is 24.1. The van der Waals surface area contributed by atoms with E-state index in [0.29, 0.717) is 23.4 Å². The van der Waals surface area contributed by atoms with Gasteiger partial charge in [0.2, 0.25) is 0 Å². The van der Waals surface area contributed by atoms with Crippen molar-refractivity contribution in [2.45, 2.75) is 25.7 Å². The van der Waals surface area contributed by atoms with Crippen molar-refractivity contribution in [3.05, 3.63) is 112 Å². The lowest BCUT2D eigenvalue weighted by Crippen LogP contribution is -2.11. The lowest BCUT2D eigenvalue weighted by Gasteiger charge is -2.12. The molecule has 0 radical (unpaired) electrons. The van der Waals surface area contributed by atoms with E-state index < -0.39 is 11.9 Å². The first kappa shape index (κ1) is 23.4. The van der Waals surface area contributed by atoms with Crippen molar-refractivity contribution in [1.82, 2.24) is 4.98 Å². The molecule has 0 aliphatic carbocycles. The standard InChI is InChI=1S/C29H24ClNO3/c1-19(29(33)34)26-8-3-2-6-21(26)12-16-28(32)23-7-4-5-20(17-23)9-14-25-15-11-22-10-13-24(30)18-27(22)31-25/h2-11,13-15,17-19H,12,16H2,1H3,(H,33,34). The molecule has 4 nitrogen and oxygen atoms in total. The van der Waals surface area contributed by atoms with Gasteiger partial charge in [-0.3, -0.25) is 9.59 Å². The Labute approximate surface area is 203 Å². The highest BCUT2D eigenvalue weighted by Gasteiger charge is 2.17. The average Bonchev–Trinajstić information content (AvgIpc) is 2.85. The van der Waals surface area contributed by atoms with Crippen molar-refractivity contribution in [3.8, 4) is 0 Å². The Morgan fingerprint density at radius 1 is 0.971 bits per heavy atom. The van der Waals surface area contributed by atoms with Crippen molar-refractivity contribution in [3.63, 3.8) is 0 Å². The van der Waals surface area contributed by atoms with Crippen molar-refractivity contribution >= 4 is 46.4 Å². The number of carboxylic acids is 1. The normalized spacial score (nSPS) is 12.2. The molecule has 1 unspecified atom stereocenters. The summed E-state index contributed by atoms with van der Waals surface area (Å²) in [4.78, 5) is 28.9. The second kappa shape index (κ2) is 10.4. The quantitative estimate of drug-likeness (QED) is 0.280. The Morgan fingerprint density at radius 3 is 2.59 bits per heavy atom. The highest BCUT2D eigenvalue weighted by atomic mass is 35.5. The molecule has 1 N–H and O–H groups in total. The molecule has 1 heterocycles. The van der Waals surface area contributed by atoms with Crippen LogP contribution in [0.3, 0.4) is 0 Å². The second-order valence-corrected chi connectivity index (χ2v) is 8.65. The molecular formula is C29H24ClNO3. The van der Waals surface area contributed by atoms with Crippen molar-refractivity contribution in [1.29, 1.82) is 0 Å².